The fourth-order valence-electron chi connectivity index (χ4n) is 2.75. The van der Waals surface area contributed by atoms with Gasteiger partial charge in [0.05, 0.1) is 0 Å². The highest BCUT2D eigenvalue weighted by molar-refractivity contribution is 7.10. The molecule has 1 amide bonds. The molecule has 1 fully saturated rings. The molecule has 1 saturated heterocycles. The molecule has 0 bridgehead atoms. The Labute approximate surface area is 123 Å². The second-order valence-electron chi connectivity index (χ2n) is 5.20. The van der Waals surface area contributed by atoms with Gasteiger partial charge in [0.15, 0.2) is 0 Å². The molecule has 0 saturated carbocycles. The molecule has 1 N–H and O–H groups in total. The van der Waals surface area contributed by atoms with Gasteiger partial charge < -0.3 is 5.32 Å². The van der Waals surface area contributed by atoms with Crippen LogP contribution in [-0.2, 0) is 4.79 Å². The van der Waals surface area contributed by atoms with Crippen molar-refractivity contribution in [2.45, 2.75) is 31.2 Å². The minimum Gasteiger partial charge on any atom is -0.354 e. The third-order valence-corrected chi connectivity index (χ3v) is 4.88. The normalized spacial score (nSPS) is 26.1. The first kappa shape index (κ1) is 14.8. The predicted octanol–water partition coefficient (Wildman–Crippen LogP) is 2.87. The number of alkyl halides is 1. The van der Waals surface area contributed by atoms with Gasteiger partial charge >= 0.3 is 0 Å². The molecular weight excluding hydrogens is 280 g/mol. The quantitative estimate of drug-likeness (QED) is 0.867. The number of nitrogens with one attached hydrogen (secondary N) is 1. The number of amides is 1. The highest BCUT2D eigenvalue weighted by atomic mass is 35.5. The summed E-state index contributed by atoms with van der Waals surface area (Å²) in [5, 5.41) is 4.63. The molecule has 3 nitrogen and oxygen atoms in total. The van der Waals surface area contributed by atoms with E-state index in [1.807, 2.05) is 0 Å². The van der Waals surface area contributed by atoms with E-state index in [1.54, 1.807) is 18.3 Å². The molecule has 106 valence electrons. The largest absolute Gasteiger partial charge is 0.354 e. The number of thiophene rings is 1. The number of carbonyl (C=O) groups excluding carboxylic acids is 1. The number of likely N-dealkylation sites (tertiary alicyclic amines) is 1. The summed E-state index contributed by atoms with van der Waals surface area (Å²) in [5.74, 6) is 0.400. The summed E-state index contributed by atoms with van der Waals surface area (Å²) in [5.41, 5.74) is 0. The Morgan fingerprint density at radius 3 is 3.11 bits per heavy atom. The number of piperidine rings is 1. The van der Waals surface area contributed by atoms with Gasteiger partial charge in [-0.3, -0.25) is 9.69 Å². The first-order valence-electron chi connectivity index (χ1n) is 6.75. The maximum Gasteiger partial charge on any atom is 0.237 e. The van der Waals surface area contributed by atoms with Gasteiger partial charge in [-0.05, 0) is 50.7 Å². The zero-order chi connectivity index (χ0) is 13.8. The SMILES string of the molecule is CC(Cl)C(=O)NCC1CCCN(C)C1c1cccs1. The smallest absolute Gasteiger partial charge is 0.237 e. The number of rotatable bonds is 4. The lowest BCUT2D eigenvalue weighted by atomic mass is 9.88. The summed E-state index contributed by atoms with van der Waals surface area (Å²) in [6, 6.07) is 4.70. The van der Waals surface area contributed by atoms with Gasteiger partial charge in [-0.2, -0.15) is 0 Å². The van der Waals surface area contributed by atoms with Crippen molar-refractivity contribution in [3.05, 3.63) is 22.4 Å². The summed E-state index contributed by atoms with van der Waals surface area (Å²) in [6.45, 7) is 3.54. The van der Waals surface area contributed by atoms with Crippen LogP contribution in [0, 0.1) is 5.92 Å². The second kappa shape index (κ2) is 6.73. The van der Waals surface area contributed by atoms with Crippen molar-refractivity contribution < 1.29 is 4.79 Å². The fourth-order valence-corrected chi connectivity index (χ4v) is 3.82. The van der Waals surface area contributed by atoms with Gasteiger partial charge in [-0.15, -0.1) is 22.9 Å². The number of halogens is 1. The van der Waals surface area contributed by atoms with E-state index in [9.17, 15) is 4.79 Å². The van der Waals surface area contributed by atoms with Crippen LogP contribution in [0.1, 0.15) is 30.7 Å². The second-order valence-corrected chi connectivity index (χ2v) is 6.84. The van der Waals surface area contributed by atoms with E-state index in [0.717, 1.165) is 13.0 Å². The van der Waals surface area contributed by atoms with E-state index in [4.69, 9.17) is 11.6 Å². The molecule has 0 spiro atoms. The van der Waals surface area contributed by atoms with Crippen molar-refractivity contribution in [3.63, 3.8) is 0 Å². The van der Waals surface area contributed by atoms with Gasteiger partial charge in [0, 0.05) is 17.5 Å². The zero-order valence-electron chi connectivity index (χ0n) is 11.4. The molecule has 1 aromatic heterocycles. The first-order chi connectivity index (χ1) is 9.09. The molecule has 3 unspecified atom stereocenters. The molecule has 2 rings (SSSR count). The molecule has 1 aliphatic rings. The summed E-state index contributed by atoms with van der Waals surface area (Å²) < 4.78 is 0. The molecule has 5 heteroatoms. The van der Waals surface area contributed by atoms with E-state index in [-0.39, 0.29) is 5.91 Å². The average molecular weight is 301 g/mol. The third kappa shape index (κ3) is 3.71. The van der Waals surface area contributed by atoms with Crippen molar-refractivity contribution in [2.24, 2.45) is 5.92 Å². The van der Waals surface area contributed by atoms with E-state index < -0.39 is 5.38 Å². The van der Waals surface area contributed by atoms with Crippen LogP contribution in [0.15, 0.2) is 17.5 Å². The molecule has 0 aliphatic carbocycles. The highest BCUT2D eigenvalue weighted by Crippen LogP contribution is 2.36. The van der Waals surface area contributed by atoms with Crippen LogP contribution in [0.4, 0.5) is 0 Å². The van der Waals surface area contributed by atoms with Crippen molar-refractivity contribution in [1.29, 1.82) is 0 Å². The summed E-state index contributed by atoms with van der Waals surface area (Å²) in [4.78, 5) is 15.4. The molecule has 2 heterocycles. The van der Waals surface area contributed by atoms with E-state index in [2.05, 4.69) is 34.8 Å². The first-order valence-corrected chi connectivity index (χ1v) is 8.06. The van der Waals surface area contributed by atoms with Crippen LogP contribution < -0.4 is 5.32 Å². The number of hydrogen-bond donors (Lipinski definition) is 1. The lowest BCUT2D eigenvalue weighted by Gasteiger charge is -2.38. The Hall–Kier alpha value is -0.580. The average Bonchev–Trinajstić information content (AvgIpc) is 2.89. The molecule has 3 atom stereocenters. The van der Waals surface area contributed by atoms with Crippen LogP contribution in [0.5, 0.6) is 0 Å². The number of carbonyl (C=O) groups is 1. The van der Waals surface area contributed by atoms with Crippen LogP contribution in [0.2, 0.25) is 0 Å². The van der Waals surface area contributed by atoms with E-state index in [1.165, 1.54) is 11.3 Å². The van der Waals surface area contributed by atoms with E-state index in [0.29, 0.717) is 18.5 Å². The zero-order valence-corrected chi connectivity index (χ0v) is 13.0. The molecule has 1 aliphatic heterocycles. The van der Waals surface area contributed by atoms with Gasteiger partial charge in [0.2, 0.25) is 5.91 Å². The molecule has 19 heavy (non-hydrogen) atoms. The lowest BCUT2D eigenvalue weighted by Crippen LogP contribution is -2.42. The Bertz CT molecular complexity index is 408. The molecule has 0 radical (unpaired) electrons. The highest BCUT2D eigenvalue weighted by Gasteiger charge is 2.31. The van der Waals surface area contributed by atoms with Crippen LogP contribution in [-0.4, -0.2) is 36.3 Å². The Morgan fingerprint density at radius 2 is 2.47 bits per heavy atom. The van der Waals surface area contributed by atoms with Crippen molar-refractivity contribution >= 4 is 28.8 Å². The lowest BCUT2D eigenvalue weighted by molar-refractivity contribution is -0.120. The Kier molecular flexibility index (Phi) is 5.25. The standard InChI is InChI=1S/C14H21ClN2OS/c1-10(15)14(18)16-9-11-5-3-7-17(2)13(11)12-6-4-8-19-12/h4,6,8,10-11,13H,3,5,7,9H2,1-2H3,(H,16,18). The minimum absolute atomic E-state index is 0.0696. The van der Waals surface area contributed by atoms with Crippen molar-refractivity contribution in [1.82, 2.24) is 10.2 Å². The maximum absolute atomic E-state index is 11.6. The predicted molar refractivity (Wildman–Crippen MR) is 80.7 cm³/mol. The summed E-state index contributed by atoms with van der Waals surface area (Å²) in [6.07, 6.45) is 2.35. The number of hydrogen-bond acceptors (Lipinski definition) is 3. The minimum atomic E-state index is -0.457. The maximum atomic E-state index is 11.6. The van der Waals surface area contributed by atoms with Gasteiger partial charge in [0.25, 0.3) is 0 Å². The topological polar surface area (TPSA) is 32.3 Å². The van der Waals surface area contributed by atoms with Crippen molar-refractivity contribution in [2.75, 3.05) is 20.1 Å². The third-order valence-electron chi connectivity index (χ3n) is 3.74. The van der Waals surface area contributed by atoms with Crippen LogP contribution in [0.25, 0.3) is 0 Å². The van der Waals surface area contributed by atoms with Crippen LogP contribution in [0.3, 0.4) is 0 Å². The van der Waals surface area contributed by atoms with Gasteiger partial charge in [0.1, 0.15) is 5.38 Å². The van der Waals surface area contributed by atoms with Crippen molar-refractivity contribution in [3.8, 4) is 0 Å². The Balaban J connectivity index is 2.02. The summed E-state index contributed by atoms with van der Waals surface area (Å²) >= 11 is 7.59. The fraction of sp³-hybridized carbons (Fsp3) is 0.643. The van der Waals surface area contributed by atoms with Crippen LogP contribution >= 0.6 is 22.9 Å². The number of nitrogens with zero attached hydrogens (tertiary/aromatic N) is 1. The molecule has 1 aromatic rings. The van der Waals surface area contributed by atoms with E-state index >= 15 is 0 Å². The Morgan fingerprint density at radius 1 is 1.68 bits per heavy atom. The molecular formula is C14H21ClN2OS. The monoisotopic (exact) mass is 300 g/mol. The molecule has 0 aromatic carbocycles. The van der Waals surface area contributed by atoms with Gasteiger partial charge in [-0.1, -0.05) is 6.07 Å². The summed E-state index contributed by atoms with van der Waals surface area (Å²) in [7, 11) is 2.17. The van der Waals surface area contributed by atoms with Gasteiger partial charge in [-0.25, -0.2) is 0 Å².